The lowest BCUT2D eigenvalue weighted by molar-refractivity contribution is -0.124. The predicted molar refractivity (Wildman–Crippen MR) is 116 cm³/mol. The monoisotopic (exact) mass is 406 g/mol. The molecule has 0 spiro atoms. The van der Waals surface area contributed by atoms with Crippen LogP contribution in [0.25, 0.3) is 0 Å². The van der Waals surface area contributed by atoms with Crippen LogP contribution in [0.4, 0.5) is 4.79 Å². The first kappa shape index (κ1) is 21.3. The van der Waals surface area contributed by atoms with Crippen LogP contribution in [-0.4, -0.2) is 46.9 Å². The van der Waals surface area contributed by atoms with Crippen molar-refractivity contribution in [3.63, 3.8) is 0 Å². The zero-order valence-electron chi connectivity index (χ0n) is 17.2. The lowest BCUT2D eigenvalue weighted by atomic mass is 10.0. The largest absolute Gasteiger partial charge is 0.509 e. The number of hydrogen-bond donors (Lipinski definition) is 1. The van der Waals surface area contributed by atoms with Crippen molar-refractivity contribution in [2.75, 3.05) is 13.2 Å². The molecule has 1 aliphatic rings. The number of aliphatic imine (C=N–C) groups is 1. The summed E-state index contributed by atoms with van der Waals surface area (Å²) in [5.41, 5.74) is 2.53. The molecule has 0 saturated heterocycles. The normalized spacial score (nSPS) is 16.9. The van der Waals surface area contributed by atoms with Gasteiger partial charge in [-0.3, -0.25) is 9.79 Å². The Labute approximate surface area is 176 Å². The Morgan fingerprint density at radius 3 is 2.27 bits per heavy atom. The molecule has 6 heteroatoms. The highest BCUT2D eigenvalue weighted by atomic mass is 16.6. The van der Waals surface area contributed by atoms with Gasteiger partial charge in [0.15, 0.2) is 0 Å². The molecule has 1 atom stereocenters. The lowest BCUT2D eigenvalue weighted by Crippen LogP contribution is -2.42. The number of hydrogen-bond acceptors (Lipinski definition) is 5. The molecular formula is C24H26N2O4. The van der Waals surface area contributed by atoms with Crippen LogP contribution in [0.2, 0.25) is 0 Å². The van der Waals surface area contributed by atoms with Gasteiger partial charge in [-0.25, -0.2) is 9.69 Å². The van der Waals surface area contributed by atoms with E-state index >= 15 is 0 Å². The number of nitrogens with zero attached hydrogens (tertiary/aromatic N) is 2. The smallest absolute Gasteiger partial charge is 0.417 e. The molecule has 0 unspecified atom stereocenters. The molecule has 0 aromatic heterocycles. The third-order valence-electron chi connectivity index (χ3n) is 5.01. The van der Waals surface area contributed by atoms with Crippen molar-refractivity contribution in [1.29, 1.82) is 0 Å². The van der Waals surface area contributed by atoms with Crippen LogP contribution in [-0.2, 0) is 22.4 Å². The fourth-order valence-electron chi connectivity index (χ4n) is 3.51. The third kappa shape index (κ3) is 4.76. The van der Waals surface area contributed by atoms with Gasteiger partial charge in [0.1, 0.15) is 17.4 Å². The molecule has 3 rings (SSSR count). The molecule has 2 aromatic carbocycles. The minimum atomic E-state index is -0.812. The number of rotatable bonds is 7. The first-order valence-electron chi connectivity index (χ1n) is 10.1. The third-order valence-corrected chi connectivity index (χ3v) is 5.01. The van der Waals surface area contributed by atoms with E-state index in [4.69, 9.17) is 4.74 Å². The van der Waals surface area contributed by atoms with E-state index < -0.39 is 18.0 Å². The number of aliphatic hydroxyl groups is 1. The highest BCUT2D eigenvalue weighted by Crippen LogP contribution is 2.29. The van der Waals surface area contributed by atoms with Crippen molar-refractivity contribution in [2.45, 2.75) is 32.7 Å². The maximum atomic E-state index is 13.0. The predicted octanol–water partition coefficient (Wildman–Crippen LogP) is 4.11. The molecule has 0 bridgehead atoms. The van der Waals surface area contributed by atoms with E-state index in [0.29, 0.717) is 18.7 Å². The summed E-state index contributed by atoms with van der Waals surface area (Å²) in [5, 5.41) is 10.9. The molecule has 0 saturated carbocycles. The van der Waals surface area contributed by atoms with Gasteiger partial charge in [-0.2, -0.15) is 0 Å². The van der Waals surface area contributed by atoms with Crippen molar-refractivity contribution < 1.29 is 19.4 Å². The van der Waals surface area contributed by atoms with E-state index in [1.807, 2.05) is 60.7 Å². The van der Waals surface area contributed by atoms with Gasteiger partial charge < -0.3 is 9.84 Å². The first-order chi connectivity index (χ1) is 14.5. The highest BCUT2D eigenvalue weighted by Gasteiger charge is 2.44. The summed E-state index contributed by atoms with van der Waals surface area (Å²) in [4.78, 5) is 31.0. The molecule has 6 nitrogen and oxygen atoms in total. The fourth-order valence-corrected chi connectivity index (χ4v) is 3.51. The number of benzene rings is 2. The van der Waals surface area contributed by atoms with Gasteiger partial charge in [0.2, 0.25) is 0 Å². The van der Waals surface area contributed by atoms with Crippen LogP contribution in [0.1, 0.15) is 25.0 Å². The molecule has 0 fully saturated rings. The fraction of sp³-hybridized carbons (Fsp3) is 0.292. The van der Waals surface area contributed by atoms with Crippen LogP contribution in [0, 0.1) is 0 Å². The second kappa shape index (κ2) is 9.87. The molecule has 156 valence electrons. The number of ether oxygens (including phenoxy) is 1. The van der Waals surface area contributed by atoms with Gasteiger partial charge in [-0.1, -0.05) is 60.7 Å². The van der Waals surface area contributed by atoms with Crippen molar-refractivity contribution in [1.82, 2.24) is 4.90 Å². The minimum Gasteiger partial charge on any atom is -0.509 e. The summed E-state index contributed by atoms with van der Waals surface area (Å²) in [5.74, 6) is -0.717. The zero-order valence-corrected chi connectivity index (χ0v) is 17.2. The van der Waals surface area contributed by atoms with Gasteiger partial charge >= 0.3 is 6.09 Å². The van der Waals surface area contributed by atoms with Crippen LogP contribution < -0.4 is 0 Å². The topological polar surface area (TPSA) is 79.2 Å². The van der Waals surface area contributed by atoms with E-state index in [9.17, 15) is 14.7 Å². The van der Waals surface area contributed by atoms with E-state index in [-0.39, 0.29) is 17.9 Å². The number of amides is 2. The Bertz CT molecular complexity index is 952. The Morgan fingerprint density at radius 2 is 1.67 bits per heavy atom. The van der Waals surface area contributed by atoms with Crippen LogP contribution in [0.3, 0.4) is 0 Å². The molecule has 1 heterocycles. The van der Waals surface area contributed by atoms with Crippen molar-refractivity contribution in [3.05, 3.63) is 83.1 Å². The molecule has 2 amide bonds. The number of carbonyl (C=O) groups is 2. The molecule has 30 heavy (non-hydrogen) atoms. The molecule has 2 aromatic rings. The summed E-state index contributed by atoms with van der Waals surface area (Å²) < 4.78 is 5.07. The molecular weight excluding hydrogens is 380 g/mol. The Hall–Kier alpha value is -3.41. The maximum absolute atomic E-state index is 13.0. The van der Waals surface area contributed by atoms with E-state index in [1.165, 1.54) is 0 Å². The quantitative estimate of drug-likeness (QED) is 0.702. The summed E-state index contributed by atoms with van der Waals surface area (Å²) in [6.07, 6.45) is 0.259. The molecule has 0 radical (unpaired) electrons. The average molecular weight is 406 g/mol. The maximum Gasteiger partial charge on any atom is 0.417 e. The van der Waals surface area contributed by atoms with Crippen LogP contribution in [0.15, 0.2) is 77.0 Å². The number of aliphatic hydroxyl groups excluding tert-OH is 1. The number of imide groups is 1. The SMILES string of the molecule is CCOC(=O)N1C(=O)C(C(C)=NCCc2ccccc2)=C(O)[C@@H]1Cc1ccccc1. The summed E-state index contributed by atoms with van der Waals surface area (Å²) >= 11 is 0. The molecule has 1 N–H and O–H groups in total. The summed E-state index contributed by atoms with van der Waals surface area (Å²) in [7, 11) is 0. The Kier molecular flexibility index (Phi) is 7.01. The van der Waals surface area contributed by atoms with Gasteiger partial charge in [-0.05, 0) is 31.4 Å². The zero-order chi connectivity index (χ0) is 21.5. The van der Waals surface area contributed by atoms with Gasteiger partial charge in [0, 0.05) is 18.7 Å². The summed E-state index contributed by atoms with van der Waals surface area (Å²) in [6, 6.07) is 18.5. The van der Waals surface area contributed by atoms with E-state index in [0.717, 1.165) is 22.4 Å². The summed E-state index contributed by atoms with van der Waals surface area (Å²) in [6.45, 7) is 3.97. The molecule has 1 aliphatic heterocycles. The molecule has 0 aliphatic carbocycles. The van der Waals surface area contributed by atoms with Gasteiger partial charge in [0.05, 0.1) is 6.61 Å². The average Bonchev–Trinajstić information content (AvgIpc) is 2.99. The van der Waals surface area contributed by atoms with Crippen molar-refractivity contribution >= 4 is 17.7 Å². The van der Waals surface area contributed by atoms with E-state index in [2.05, 4.69) is 4.99 Å². The lowest BCUT2D eigenvalue weighted by Gasteiger charge is -2.22. The van der Waals surface area contributed by atoms with Gasteiger partial charge in [-0.15, -0.1) is 0 Å². The van der Waals surface area contributed by atoms with Crippen molar-refractivity contribution in [3.8, 4) is 0 Å². The van der Waals surface area contributed by atoms with Crippen LogP contribution in [0.5, 0.6) is 0 Å². The Balaban J connectivity index is 1.84. The second-order valence-electron chi connectivity index (χ2n) is 7.04. The number of carbonyl (C=O) groups excluding carboxylic acids is 2. The van der Waals surface area contributed by atoms with Gasteiger partial charge in [0.25, 0.3) is 5.91 Å². The van der Waals surface area contributed by atoms with Crippen LogP contribution >= 0.6 is 0 Å². The second-order valence-corrected chi connectivity index (χ2v) is 7.04. The highest BCUT2D eigenvalue weighted by molar-refractivity contribution is 6.25. The first-order valence-corrected chi connectivity index (χ1v) is 10.1. The van der Waals surface area contributed by atoms with Crippen molar-refractivity contribution in [2.24, 2.45) is 4.99 Å². The minimum absolute atomic E-state index is 0.0806. The van der Waals surface area contributed by atoms with E-state index in [1.54, 1.807) is 13.8 Å². The Morgan fingerprint density at radius 1 is 1.07 bits per heavy atom. The standard InChI is InChI=1S/C24H26N2O4/c1-3-30-24(29)26-20(16-19-12-8-5-9-13-19)22(27)21(23(26)28)17(2)25-15-14-18-10-6-4-7-11-18/h4-13,20,27H,3,14-16H2,1-2H3/t20-/m0/s1.